The fraction of sp³-hybridized carbons (Fsp3) is 0.409. The number of ether oxygens (including phenoxy) is 1. The van der Waals surface area contributed by atoms with Gasteiger partial charge in [-0.05, 0) is 74.2 Å². The number of benzene rings is 2. The van der Waals surface area contributed by atoms with Gasteiger partial charge in [0.2, 0.25) is 5.91 Å². The van der Waals surface area contributed by atoms with Gasteiger partial charge in [-0.3, -0.25) is 4.79 Å². The lowest BCUT2D eigenvalue weighted by Crippen LogP contribution is -2.34. The first-order valence-corrected chi connectivity index (χ1v) is 9.73. The number of carbonyl (C=O) groups excluding carboxylic acids is 1. The van der Waals surface area contributed by atoms with Gasteiger partial charge in [0.05, 0.1) is 6.54 Å². The standard InChI is InChI=1S/C22H29N3O2/c23-17-22(12-4-5-13-22)14-15-24-16-21(26)25-18-8-10-20(11-9-18)27-19-6-2-1-3-7-19/h1-3,6-11,24H,4-5,12-17,23H2,(H,25,26). The van der Waals surface area contributed by atoms with Gasteiger partial charge in [0, 0.05) is 5.69 Å². The van der Waals surface area contributed by atoms with Crippen molar-refractivity contribution in [3.63, 3.8) is 0 Å². The number of hydrogen-bond acceptors (Lipinski definition) is 4. The summed E-state index contributed by atoms with van der Waals surface area (Å²) in [5.41, 5.74) is 7.01. The van der Waals surface area contributed by atoms with E-state index < -0.39 is 0 Å². The monoisotopic (exact) mass is 367 g/mol. The first kappa shape index (κ1) is 19.4. The van der Waals surface area contributed by atoms with Crippen molar-refractivity contribution in [3.8, 4) is 11.5 Å². The van der Waals surface area contributed by atoms with Crippen molar-refractivity contribution in [2.45, 2.75) is 32.1 Å². The lowest BCUT2D eigenvalue weighted by molar-refractivity contribution is -0.115. The molecular formula is C22H29N3O2. The Morgan fingerprint density at radius 3 is 2.33 bits per heavy atom. The van der Waals surface area contributed by atoms with Crippen LogP contribution in [0, 0.1) is 5.41 Å². The van der Waals surface area contributed by atoms with Crippen LogP contribution in [0.5, 0.6) is 11.5 Å². The van der Waals surface area contributed by atoms with Crippen molar-refractivity contribution >= 4 is 11.6 Å². The van der Waals surface area contributed by atoms with Gasteiger partial charge >= 0.3 is 0 Å². The second-order valence-electron chi connectivity index (χ2n) is 7.33. The SMILES string of the molecule is NCC1(CCNCC(=O)Nc2ccc(Oc3ccccc3)cc2)CCCC1. The summed E-state index contributed by atoms with van der Waals surface area (Å²) in [6.07, 6.45) is 6.04. The molecule has 2 aromatic carbocycles. The zero-order chi connectivity index (χ0) is 19.0. The minimum atomic E-state index is -0.0417. The van der Waals surface area contributed by atoms with Crippen molar-refractivity contribution in [3.05, 3.63) is 54.6 Å². The number of carbonyl (C=O) groups is 1. The first-order chi connectivity index (χ1) is 13.2. The third-order valence-electron chi connectivity index (χ3n) is 5.33. The molecular weight excluding hydrogens is 338 g/mol. The second kappa shape index (κ2) is 9.53. The van der Waals surface area contributed by atoms with Crippen LogP contribution in [0.25, 0.3) is 0 Å². The fourth-order valence-corrected chi connectivity index (χ4v) is 3.67. The predicted octanol–water partition coefficient (Wildman–Crippen LogP) is 3.92. The van der Waals surface area contributed by atoms with E-state index in [-0.39, 0.29) is 11.3 Å². The van der Waals surface area contributed by atoms with Crippen LogP contribution in [0.15, 0.2) is 54.6 Å². The van der Waals surface area contributed by atoms with Crippen molar-refractivity contribution in [2.24, 2.45) is 11.1 Å². The second-order valence-corrected chi connectivity index (χ2v) is 7.33. The zero-order valence-electron chi connectivity index (χ0n) is 15.7. The summed E-state index contributed by atoms with van der Waals surface area (Å²) in [4.78, 5) is 12.1. The summed E-state index contributed by atoms with van der Waals surface area (Å²) in [5, 5.41) is 6.15. The summed E-state index contributed by atoms with van der Waals surface area (Å²) in [6.45, 7) is 1.88. The summed E-state index contributed by atoms with van der Waals surface area (Å²) < 4.78 is 5.75. The van der Waals surface area contributed by atoms with Gasteiger partial charge in [0.1, 0.15) is 11.5 Å². The molecule has 0 aliphatic heterocycles. The Morgan fingerprint density at radius 2 is 1.67 bits per heavy atom. The summed E-state index contributed by atoms with van der Waals surface area (Å²) in [6, 6.07) is 17.0. The summed E-state index contributed by atoms with van der Waals surface area (Å²) >= 11 is 0. The number of para-hydroxylation sites is 1. The minimum Gasteiger partial charge on any atom is -0.457 e. The van der Waals surface area contributed by atoms with Crippen LogP contribution in [0.4, 0.5) is 5.69 Å². The van der Waals surface area contributed by atoms with E-state index in [2.05, 4.69) is 10.6 Å². The molecule has 0 saturated heterocycles. The molecule has 0 spiro atoms. The topological polar surface area (TPSA) is 76.4 Å². The molecule has 0 unspecified atom stereocenters. The fourth-order valence-electron chi connectivity index (χ4n) is 3.67. The Bertz CT molecular complexity index is 710. The third-order valence-corrected chi connectivity index (χ3v) is 5.33. The van der Waals surface area contributed by atoms with E-state index in [1.165, 1.54) is 25.7 Å². The number of amides is 1. The Hall–Kier alpha value is -2.37. The van der Waals surface area contributed by atoms with Crippen LogP contribution in [0.2, 0.25) is 0 Å². The van der Waals surface area contributed by atoms with Gasteiger partial charge in [-0.15, -0.1) is 0 Å². The van der Waals surface area contributed by atoms with E-state index in [0.29, 0.717) is 6.54 Å². The number of hydrogen-bond donors (Lipinski definition) is 3. The Labute approximate surface area is 161 Å². The molecule has 1 amide bonds. The van der Waals surface area contributed by atoms with Crippen molar-refractivity contribution < 1.29 is 9.53 Å². The third kappa shape index (κ3) is 5.81. The Morgan fingerprint density at radius 1 is 1.00 bits per heavy atom. The quantitative estimate of drug-likeness (QED) is 0.587. The molecule has 0 heterocycles. The zero-order valence-corrected chi connectivity index (χ0v) is 15.7. The van der Waals surface area contributed by atoms with Crippen molar-refractivity contribution in [1.29, 1.82) is 0 Å². The average molecular weight is 367 g/mol. The summed E-state index contributed by atoms with van der Waals surface area (Å²) in [5.74, 6) is 1.48. The van der Waals surface area contributed by atoms with Gasteiger partial charge in [-0.25, -0.2) is 0 Å². The highest BCUT2D eigenvalue weighted by Crippen LogP contribution is 2.39. The molecule has 1 aliphatic rings. The van der Waals surface area contributed by atoms with E-state index >= 15 is 0 Å². The number of rotatable bonds is 9. The maximum absolute atomic E-state index is 12.1. The van der Waals surface area contributed by atoms with E-state index in [1.54, 1.807) is 0 Å². The lowest BCUT2D eigenvalue weighted by atomic mass is 9.83. The van der Waals surface area contributed by atoms with Crippen LogP contribution in [-0.4, -0.2) is 25.5 Å². The number of nitrogens with one attached hydrogen (secondary N) is 2. The Balaban J connectivity index is 1.39. The van der Waals surface area contributed by atoms with Crippen LogP contribution in [0.3, 0.4) is 0 Å². The van der Waals surface area contributed by atoms with Crippen LogP contribution < -0.4 is 21.1 Å². The van der Waals surface area contributed by atoms with Gasteiger partial charge in [0.15, 0.2) is 0 Å². The molecule has 1 saturated carbocycles. The maximum atomic E-state index is 12.1. The van der Waals surface area contributed by atoms with E-state index in [9.17, 15) is 4.79 Å². The first-order valence-electron chi connectivity index (χ1n) is 9.73. The minimum absolute atomic E-state index is 0.0417. The summed E-state index contributed by atoms with van der Waals surface area (Å²) in [7, 11) is 0. The average Bonchev–Trinajstić information content (AvgIpc) is 3.17. The van der Waals surface area contributed by atoms with Gasteiger partial charge in [-0.1, -0.05) is 31.0 Å². The largest absolute Gasteiger partial charge is 0.457 e. The normalized spacial score (nSPS) is 15.4. The molecule has 5 nitrogen and oxygen atoms in total. The molecule has 5 heteroatoms. The van der Waals surface area contributed by atoms with E-state index in [1.807, 2.05) is 54.6 Å². The molecule has 0 aromatic heterocycles. The highest BCUT2D eigenvalue weighted by Gasteiger charge is 2.31. The molecule has 27 heavy (non-hydrogen) atoms. The number of nitrogens with two attached hydrogens (primary N) is 1. The smallest absolute Gasteiger partial charge is 0.238 e. The highest BCUT2D eigenvalue weighted by molar-refractivity contribution is 5.92. The maximum Gasteiger partial charge on any atom is 0.238 e. The lowest BCUT2D eigenvalue weighted by Gasteiger charge is -2.27. The van der Waals surface area contributed by atoms with Gasteiger partial charge in [0.25, 0.3) is 0 Å². The van der Waals surface area contributed by atoms with Gasteiger partial charge in [-0.2, -0.15) is 0 Å². The predicted molar refractivity (Wildman–Crippen MR) is 109 cm³/mol. The molecule has 2 aromatic rings. The van der Waals surface area contributed by atoms with E-state index in [0.717, 1.165) is 36.7 Å². The van der Waals surface area contributed by atoms with Crippen molar-refractivity contribution in [1.82, 2.24) is 5.32 Å². The Kier molecular flexibility index (Phi) is 6.85. The molecule has 3 rings (SSSR count). The van der Waals surface area contributed by atoms with Crippen LogP contribution >= 0.6 is 0 Å². The highest BCUT2D eigenvalue weighted by atomic mass is 16.5. The molecule has 1 fully saturated rings. The van der Waals surface area contributed by atoms with Gasteiger partial charge < -0.3 is 21.1 Å². The number of anilines is 1. The van der Waals surface area contributed by atoms with Crippen molar-refractivity contribution in [2.75, 3.05) is 25.0 Å². The molecule has 144 valence electrons. The molecule has 1 aliphatic carbocycles. The molecule has 0 bridgehead atoms. The molecule has 0 atom stereocenters. The van der Waals surface area contributed by atoms with Crippen LogP contribution in [-0.2, 0) is 4.79 Å². The molecule has 0 radical (unpaired) electrons. The van der Waals surface area contributed by atoms with Crippen LogP contribution in [0.1, 0.15) is 32.1 Å². The van der Waals surface area contributed by atoms with E-state index in [4.69, 9.17) is 10.5 Å². The molecule has 4 N–H and O–H groups in total.